The summed E-state index contributed by atoms with van der Waals surface area (Å²) in [5.74, 6) is 1.04. The van der Waals surface area contributed by atoms with Gasteiger partial charge >= 0.3 is 0 Å². The van der Waals surface area contributed by atoms with Crippen LogP contribution < -0.4 is 5.56 Å². The summed E-state index contributed by atoms with van der Waals surface area (Å²) in [4.78, 5) is 25.3. The van der Waals surface area contributed by atoms with Crippen LogP contribution in [-0.4, -0.2) is 31.5 Å². The first-order valence-electron chi connectivity index (χ1n) is 11.3. The summed E-state index contributed by atoms with van der Waals surface area (Å²) in [5, 5.41) is 14.5. The Balaban J connectivity index is 1.33. The highest BCUT2D eigenvalue weighted by Crippen LogP contribution is 2.27. The summed E-state index contributed by atoms with van der Waals surface area (Å²) in [6.45, 7) is 0.336. The van der Waals surface area contributed by atoms with Crippen LogP contribution in [0.3, 0.4) is 0 Å². The second kappa shape index (κ2) is 10.5. The summed E-state index contributed by atoms with van der Waals surface area (Å²) >= 11 is 1.40. The van der Waals surface area contributed by atoms with Gasteiger partial charge in [-0.3, -0.25) is 9.59 Å². The van der Waals surface area contributed by atoms with Crippen molar-refractivity contribution in [2.24, 2.45) is 0 Å². The van der Waals surface area contributed by atoms with Gasteiger partial charge < -0.3 is 4.42 Å². The van der Waals surface area contributed by atoms with E-state index in [4.69, 9.17) is 4.42 Å². The van der Waals surface area contributed by atoms with Gasteiger partial charge in [0, 0.05) is 23.1 Å². The maximum Gasteiger partial charge on any atom is 0.276 e. The number of thioether (sulfide) groups is 1. The Morgan fingerprint density at radius 2 is 1.54 bits per heavy atom. The van der Waals surface area contributed by atoms with Crippen LogP contribution in [0.25, 0.3) is 22.4 Å². The molecule has 0 N–H and O–H groups in total. The number of Topliss-reactive ketones (excluding diaryl/α,β-unsaturated/α-hetero) is 1. The molecule has 0 amide bonds. The van der Waals surface area contributed by atoms with Gasteiger partial charge in [0.2, 0.25) is 0 Å². The van der Waals surface area contributed by atoms with Gasteiger partial charge in [-0.25, -0.2) is 4.68 Å². The molecule has 0 radical (unpaired) electrons. The zero-order valence-corrected chi connectivity index (χ0v) is 19.6. The molecule has 0 bridgehead atoms. The van der Waals surface area contributed by atoms with Crippen molar-refractivity contribution in [3.63, 3.8) is 0 Å². The lowest BCUT2D eigenvalue weighted by molar-refractivity contribution is 0.0982. The van der Waals surface area contributed by atoms with Crippen molar-refractivity contribution in [1.82, 2.24) is 20.0 Å². The Kier molecular flexibility index (Phi) is 6.81. The van der Waals surface area contributed by atoms with E-state index in [0.717, 1.165) is 11.1 Å². The molecule has 0 saturated heterocycles. The molecule has 2 aromatic heterocycles. The second-order valence-electron chi connectivity index (χ2n) is 7.96. The lowest BCUT2D eigenvalue weighted by Gasteiger charge is -2.09. The maximum absolute atomic E-state index is 13.1. The third-order valence-electron chi connectivity index (χ3n) is 5.52. The Bertz CT molecular complexity index is 1510. The summed E-state index contributed by atoms with van der Waals surface area (Å²) in [6.07, 6.45) is 1.15. The number of nitrogens with zero attached hydrogens (tertiary/aromatic N) is 4. The van der Waals surface area contributed by atoms with Crippen LogP contribution in [0.4, 0.5) is 0 Å². The van der Waals surface area contributed by atoms with E-state index >= 15 is 0 Å². The number of rotatable bonds is 9. The molecule has 2 heterocycles. The molecule has 8 heteroatoms. The Labute approximate surface area is 205 Å². The average Bonchev–Trinajstić information content (AvgIpc) is 3.38. The van der Waals surface area contributed by atoms with Gasteiger partial charge in [0.05, 0.1) is 11.9 Å². The molecule has 0 fully saturated rings. The van der Waals surface area contributed by atoms with E-state index in [1.807, 2.05) is 78.9 Å². The van der Waals surface area contributed by atoms with E-state index in [9.17, 15) is 9.59 Å². The van der Waals surface area contributed by atoms with Gasteiger partial charge in [-0.05, 0) is 18.1 Å². The van der Waals surface area contributed by atoms with Gasteiger partial charge in [0.1, 0.15) is 0 Å². The quantitative estimate of drug-likeness (QED) is 0.161. The number of carbonyl (C=O) groups is 1. The third kappa shape index (κ3) is 5.22. The number of hydrogen-bond acceptors (Lipinski definition) is 7. The van der Waals surface area contributed by atoms with E-state index in [1.165, 1.54) is 16.4 Å². The monoisotopic (exact) mass is 482 g/mol. The Hall–Kier alpha value is -4.04. The van der Waals surface area contributed by atoms with Crippen LogP contribution in [0.5, 0.6) is 0 Å². The van der Waals surface area contributed by atoms with Crippen LogP contribution in [-0.2, 0) is 6.54 Å². The van der Waals surface area contributed by atoms with Gasteiger partial charge in [-0.1, -0.05) is 90.6 Å². The van der Waals surface area contributed by atoms with Crippen molar-refractivity contribution in [3.05, 3.63) is 106 Å². The molecule has 5 aromatic rings. The van der Waals surface area contributed by atoms with E-state index in [-0.39, 0.29) is 17.2 Å². The highest BCUT2D eigenvalue weighted by molar-refractivity contribution is 7.99. The molecule has 5 rings (SSSR count). The first kappa shape index (κ1) is 22.7. The molecule has 174 valence electrons. The first-order chi connectivity index (χ1) is 17.2. The fraction of sp³-hybridized carbons (Fsp3) is 0.148. The van der Waals surface area contributed by atoms with Crippen molar-refractivity contribution in [1.29, 1.82) is 0 Å². The van der Waals surface area contributed by atoms with Gasteiger partial charge in [0.25, 0.3) is 16.7 Å². The lowest BCUT2D eigenvalue weighted by atomic mass is 10.1. The molecular formula is C27H22N4O3S. The minimum atomic E-state index is -0.176. The number of carbonyl (C=O) groups excluding carboxylic acids is 1. The fourth-order valence-corrected chi connectivity index (χ4v) is 4.48. The van der Waals surface area contributed by atoms with E-state index in [0.29, 0.717) is 46.8 Å². The first-order valence-corrected chi connectivity index (χ1v) is 12.3. The molecular weight excluding hydrogens is 460 g/mol. The van der Waals surface area contributed by atoms with E-state index in [1.54, 1.807) is 6.07 Å². The van der Waals surface area contributed by atoms with Crippen molar-refractivity contribution < 1.29 is 9.21 Å². The molecule has 0 saturated carbocycles. The minimum absolute atomic E-state index is 0.119. The molecule has 7 nitrogen and oxygen atoms in total. The van der Waals surface area contributed by atoms with Gasteiger partial charge in [-0.2, -0.15) is 5.10 Å². The fourth-order valence-electron chi connectivity index (χ4n) is 3.78. The molecule has 35 heavy (non-hydrogen) atoms. The highest BCUT2D eigenvalue weighted by atomic mass is 32.2. The molecule has 3 aromatic carbocycles. The van der Waals surface area contributed by atoms with Crippen molar-refractivity contribution in [2.75, 3.05) is 5.75 Å². The van der Waals surface area contributed by atoms with E-state index in [2.05, 4.69) is 15.3 Å². The van der Waals surface area contributed by atoms with Crippen molar-refractivity contribution in [3.8, 4) is 11.6 Å². The van der Waals surface area contributed by atoms with Crippen molar-refractivity contribution in [2.45, 2.75) is 24.6 Å². The number of fused-ring (bicyclic) bond motifs is 1. The van der Waals surface area contributed by atoms with Crippen LogP contribution >= 0.6 is 11.8 Å². The topological polar surface area (TPSA) is 90.9 Å². The molecule has 0 spiro atoms. The molecule has 0 aliphatic rings. The molecule has 0 aliphatic carbocycles. The van der Waals surface area contributed by atoms with Gasteiger partial charge in [0.15, 0.2) is 11.5 Å². The van der Waals surface area contributed by atoms with Crippen molar-refractivity contribution >= 4 is 28.3 Å². The summed E-state index contributed by atoms with van der Waals surface area (Å²) in [5.41, 5.74) is 1.98. The normalized spacial score (nSPS) is 11.1. The number of aromatic nitrogens is 4. The van der Waals surface area contributed by atoms with Crippen LogP contribution in [0.2, 0.25) is 0 Å². The minimum Gasteiger partial charge on any atom is -0.410 e. The summed E-state index contributed by atoms with van der Waals surface area (Å²) in [7, 11) is 0. The maximum atomic E-state index is 13.1. The second-order valence-corrected chi connectivity index (χ2v) is 9.00. The Morgan fingerprint density at radius 3 is 2.31 bits per heavy atom. The number of hydrogen-bond donors (Lipinski definition) is 0. The highest BCUT2D eigenvalue weighted by Gasteiger charge is 2.18. The zero-order valence-electron chi connectivity index (χ0n) is 18.8. The molecule has 0 unspecified atom stereocenters. The van der Waals surface area contributed by atoms with Crippen LogP contribution in [0, 0.1) is 0 Å². The van der Waals surface area contributed by atoms with Crippen LogP contribution in [0.1, 0.15) is 28.8 Å². The van der Waals surface area contributed by atoms with Gasteiger partial charge in [-0.15, -0.1) is 10.2 Å². The van der Waals surface area contributed by atoms with E-state index < -0.39 is 0 Å². The standard InChI is InChI=1S/C27H22N4O3S/c32-23(20-12-5-2-6-13-20)16-9-17-35-27-29-28-25(34-27)24-21-14-7-8-15-22(21)26(33)31(30-24)18-19-10-3-1-4-11-19/h1-8,10-15H,9,16-18H2. The van der Waals surface area contributed by atoms with Crippen LogP contribution in [0.15, 0.2) is 99.4 Å². The largest absolute Gasteiger partial charge is 0.410 e. The SMILES string of the molecule is O=C(CCCSc1nnc(-c2nn(Cc3ccccc3)c(=O)c3ccccc23)o1)c1ccccc1. The predicted molar refractivity (Wildman–Crippen MR) is 136 cm³/mol. The third-order valence-corrected chi connectivity index (χ3v) is 6.43. The lowest BCUT2D eigenvalue weighted by Crippen LogP contribution is -2.24. The summed E-state index contributed by atoms with van der Waals surface area (Å²) < 4.78 is 7.32. The number of ketones is 1. The number of benzene rings is 3. The summed E-state index contributed by atoms with van der Waals surface area (Å²) in [6, 6.07) is 26.3. The zero-order chi connectivity index (χ0) is 24.0. The predicted octanol–water partition coefficient (Wildman–Crippen LogP) is 5.25. The average molecular weight is 483 g/mol. The molecule has 0 aliphatic heterocycles. The smallest absolute Gasteiger partial charge is 0.276 e. The Morgan fingerprint density at radius 1 is 0.857 bits per heavy atom. The molecule has 0 atom stereocenters.